The van der Waals surface area contributed by atoms with Gasteiger partial charge in [-0.15, -0.1) is 0 Å². The predicted molar refractivity (Wildman–Crippen MR) is 85.6 cm³/mol. The smallest absolute Gasteiger partial charge is 0.238 e. The molecule has 2 rings (SSSR count). The van der Waals surface area contributed by atoms with Crippen LogP contribution in [0.3, 0.4) is 0 Å². The first-order valence-electron chi connectivity index (χ1n) is 7.29. The number of carbonyl (C=O) groups is 1. The number of hydrogen-bond acceptors (Lipinski definition) is 2. The highest BCUT2D eigenvalue weighted by molar-refractivity contribution is 5.85. The summed E-state index contributed by atoms with van der Waals surface area (Å²) < 4.78 is 0. The molecular formula is C18H22N2O. The Labute approximate surface area is 126 Å². The lowest BCUT2D eigenvalue weighted by molar-refractivity contribution is -0.124. The van der Waals surface area contributed by atoms with Crippen LogP contribution < -0.4 is 11.1 Å². The summed E-state index contributed by atoms with van der Waals surface area (Å²) in [5.41, 5.74) is 7.23. The molecule has 3 heteroatoms. The molecule has 0 aliphatic heterocycles. The topological polar surface area (TPSA) is 55.1 Å². The van der Waals surface area contributed by atoms with Crippen molar-refractivity contribution in [2.75, 3.05) is 0 Å². The van der Waals surface area contributed by atoms with E-state index in [9.17, 15) is 4.79 Å². The van der Waals surface area contributed by atoms with Crippen molar-refractivity contribution in [1.82, 2.24) is 5.32 Å². The minimum absolute atomic E-state index is 0.301. The standard InChI is InChI=1S/C18H22N2O/c1-2-18(17(19)21,13-15-9-5-3-6-10-15)20-14-16-11-7-4-8-12-16/h3-12,20H,2,13-14H2,1H3,(H2,19,21). The first-order chi connectivity index (χ1) is 10.2. The van der Waals surface area contributed by atoms with Crippen LogP contribution in [0.1, 0.15) is 24.5 Å². The molecule has 0 spiro atoms. The highest BCUT2D eigenvalue weighted by Gasteiger charge is 2.34. The average Bonchev–Trinajstić information content (AvgIpc) is 2.53. The van der Waals surface area contributed by atoms with Crippen molar-refractivity contribution >= 4 is 5.91 Å². The lowest BCUT2D eigenvalue weighted by atomic mass is 9.87. The number of benzene rings is 2. The van der Waals surface area contributed by atoms with Gasteiger partial charge in [0.25, 0.3) is 0 Å². The molecule has 0 aliphatic rings. The Kier molecular flexibility index (Phi) is 5.12. The van der Waals surface area contributed by atoms with Gasteiger partial charge < -0.3 is 5.73 Å². The first kappa shape index (κ1) is 15.3. The van der Waals surface area contributed by atoms with Gasteiger partial charge in [0.15, 0.2) is 0 Å². The van der Waals surface area contributed by atoms with Crippen LogP contribution in [0.2, 0.25) is 0 Å². The molecule has 0 aromatic heterocycles. The van der Waals surface area contributed by atoms with Gasteiger partial charge in [-0.05, 0) is 24.0 Å². The van der Waals surface area contributed by atoms with Gasteiger partial charge >= 0.3 is 0 Å². The van der Waals surface area contributed by atoms with Gasteiger partial charge in [-0.3, -0.25) is 10.1 Å². The van der Waals surface area contributed by atoms with E-state index in [4.69, 9.17) is 5.73 Å². The minimum Gasteiger partial charge on any atom is -0.368 e. The lowest BCUT2D eigenvalue weighted by Crippen LogP contribution is -2.56. The van der Waals surface area contributed by atoms with Crippen LogP contribution in [0.15, 0.2) is 60.7 Å². The van der Waals surface area contributed by atoms with Gasteiger partial charge in [0.2, 0.25) is 5.91 Å². The van der Waals surface area contributed by atoms with Crippen LogP contribution in [0, 0.1) is 0 Å². The van der Waals surface area contributed by atoms with Crippen LogP contribution in [-0.2, 0) is 17.8 Å². The molecule has 1 atom stereocenters. The summed E-state index contributed by atoms with van der Waals surface area (Å²) in [4.78, 5) is 12.0. The van der Waals surface area contributed by atoms with Crippen LogP contribution in [0.4, 0.5) is 0 Å². The zero-order valence-corrected chi connectivity index (χ0v) is 12.4. The van der Waals surface area contributed by atoms with Crippen molar-refractivity contribution < 1.29 is 4.79 Å². The van der Waals surface area contributed by atoms with E-state index in [0.29, 0.717) is 19.4 Å². The molecule has 2 aromatic carbocycles. The van der Waals surface area contributed by atoms with E-state index in [1.165, 1.54) is 0 Å². The first-order valence-corrected chi connectivity index (χ1v) is 7.29. The number of hydrogen-bond donors (Lipinski definition) is 2. The predicted octanol–water partition coefficient (Wildman–Crippen LogP) is 2.65. The third-order valence-corrected chi connectivity index (χ3v) is 3.90. The second-order valence-corrected chi connectivity index (χ2v) is 5.30. The van der Waals surface area contributed by atoms with Crippen LogP contribution in [0.25, 0.3) is 0 Å². The van der Waals surface area contributed by atoms with Gasteiger partial charge in [0.1, 0.15) is 5.54 Å². The van der Waals surface area contributed by atoms with Crippen molar-refractivity contribution in [3.8, 4) is 0 Å². The zero-order chi connectivity index (χ0) is 15.1. The highest BCUT2D eigenvalue weighted by atomic mass is 16.1. The fourth-order valence-corrected chi connectivity index (χ4v) is 2.47. The quantitative estimate of drug-likeness (QED) is 0.820. The van der Waals surface area contributed by atoms with Crippen LogP contribution in [0.5, 0.6) is 0 Å². The van der Waals surface area contributed by atoms with Gasteiger partial charge in [-0.25, -0.2) is 0 Å². The molecule has 0 saturated heterocycles. The largest absolute Gasteiger partial charge is 0.368 e. The fourth-order valence-electron chi connectivity index (χ4n) is 2.47. The maximum absolute atomic E-state index is 12.0. The van der Waals surface area contributed by atoms with Crippen LogP contribution >= 0.6 is 0 Å². The number of amides is 1. The summed E-state index contributed by atoms with van der Waals surface area (Å²) in [7, 11) is 0. The molecule has 0 fully saturated rings. The van der Waals surface area contributed by atoms with Gasteiger partial charge in [0.05, 0.1) is 0 Å². The lowest BCUT2D eigenvalue weighted by Gasteiger charge is -2.31. The molecule has 1 amide bonds. The number of rotatable bonds is 7. The van der Waals surface area contributed by atoms with Crippen molar-refractivity contribution in [1.29, 1.82) is 0 Å². The molecule has 0 aliphatic carbocycles. The summed E-state index contributed by atoms with van der Waals surface area (Å²) >= 11 is 0. The van der Waals surface area contributed by atoms with Crippen LogP contribution in [-0.4, -0.2) is 11.4 Å². The summed E-state index contributed by atoms with van der Waals surface area (Å²) in [6.07, 6.45) is 1.26. The third kappa shape index (κ3) is 3.92. The number of primary amides is 1. The van der Waals surface area contributed by atoms with E-state index >= 15 is 0 Å². The van der Waals surface area contributed by atoms with E-state index in [0.717, 1.165) is 11.1 Å². The van der Waals surface area contributed by atoms with Crippen molar-refractivity contribution in [2.24, 2.45) is 5.73 Å². The average molecular weight is 282 g/mol. The monoisotopic (exact) mass is 282 g/mol. The Bertz CT molecular complexity index is 568. The van der Waals surface area contributed by atoms with Gasteiger partial charge in [-0.1, -0.05) is 67.6 Å². The number of nitrogens with one attached hydrogen (secondary N) is 1. The van der Waals surface area contributed by atoms with Crippen molar-refractivity contribution in [3.63, 3.8) is 0 Å². The Balaban J connectivity index is 2.15. The fraction of sp³-hybridized carbons (Fsp3) is 0.278. The summed E-state index contributed by atoms with van der Waals surface area (Å²) in [5, 5.41) is 3.37. The Morgan fingerprint density at radius 3 is 2.00 bits per heavy atom. The van der Waals surface area contributed by atoms with Crippen molar-refractivity contribution in [3.05, 3.63) is 71.8 Å². The Hall–Kier alpha value is -2.13. The molecule has 0 bridgehead atoms. The zero-order valence-electron chi connectivity index (χ0n) is 12.4. The summed E-state index contributed by atoms with van der Waals surface area (Å²) in [5.74, 6) is -0.301. The molecule has 0 saturated carbocycles. The molecule has 3 N–H and O–H groups in total. The molecule has 21 heavy (non-hydrogen) atoms. The second kappa shape index (κ2) is 7.04. The maximum atomic E-state index is 12.0. The van der Waals surface area contributed by atoms with E-state index in [2.05, 4.69) is 5.32 Å². The summed E-state index contributed by atoms with van der Waals surface area (Å²) in [6, 6.07) is 20.0. The third-order valence-electron chi connectivity index (χ3n) is 3.90. The Morgan fingerprint density at radius 1 is 1.00 bits per heavy atom. The minimum atomic E-state index is -0.711. The molecule has 1 unspecified atom stereocenters. The van der Waals surface area contributed by atoms with Gasteiger partial charge in [0, 0.05) is 6.54 Å². The van der Waals surface area contributed by atoms with Gasteiger partial charge in [-0.2, -0.15) is 0 Å². The number of nitrogens with two attached hydrogens (primary N) is 1. The molecular weight excluding hydrogens is 260 g/mol. The maximum Gasteiger partial charge on any atom is 0.238 e. The molecule has 3 nitrogen and oxygen atoms in total. The highest BCUT2D eigenvalue weighted by Crippen LogP contribution is 2.18. The molecule has 0 heterocycles. The molecule has 110 valence electrons. The van der Waals surface area contributed by atoms with E-state index in [-0.39, 0.29) is 5.91 Å². The normalized spacial score (nSPS) is 13.6. The SMILES string of the molecule is CCC(Cc1ccccc1)(NCc1ccccc1)C(N)=O. The summed E-state index contributed by atoms with van der Waals surface area (Å²) in [6.45, 7) is 2.62. The second-order valence-electron chi connectivity index (χ2n) is 5.30. The van der Waals surface area contributed by atoms with E-state index < -0.39 is 5.54 Å². The van der Waals surface area contributed by atoms with E-state index in [1.807, 2.05) is 67.6 Å². The molecule has 0 radical (unpaired) electrons. The van der Waals surface area contributed by atoms with Crippen molar-refractivity contribution in [2.45, 2.75) is 31.8 Å². The Morgan fingerprint density at radius 2 is 1.52 bits per heavy atom. The van der Waals surface area contributed by atoms with E-state index in [1.54, 1.807) is 0 Å². The number of carbonyl (C=O) groups excluding carboxylic acids is 1. The molecule has 2 aromatic rings.